The van der Waals surface area contributed by atoms with E-state index in [9.17, 15) is 8.78 Å². The SMILES string of the molecule is Cc1cc(Br)cc2c(Cl)nc(C(F)F)nc12. The summed E-state index contributed by atoms with van der Waals surface area (Å²) in [6, 6.07) is 3.50. The summed E-state index contributed by atoms with van der Waals surface area (Å²) in [4.78, 5) is 7.38. The van der Waals surface area contributed by atoms with Gasteiger partial charge >= 0.3 is 0 Å². The summed E-state index contributed by atoms with van der Waals surface area (Å²) in [5.41, 5.74) is 1.23. The van der Waals surface area contributed by atoms with Gasteiger partial charge in [0.05, 0.1) is 5.52 Å². The second-order valence-corrected chi connectivity index (χ2v) is 4.57. The van der Waals surface area contributed by atoms with E-state index in [-0.39, 0.29) is 5.15 Å². The lowest BCUT2D eigenvalue weighted by Crippen LogP contribution is -1.98. The third-order valence-corrected chi connectivity index (χ3v) is 2.87. The summed E-state index contributed by atoms with van der Waals surface area (Å²) in [7, 11) is 0. The van der Waals surface area contributed by atoms with Crippen molar-refractivity contribution < 1.29 is 8.78 Å². The van der Waals surface area contributed by atoms with E-state index < -0.39 is 12.2 Å². The van der Waals surface area contributed by atoms with E-state index in [4.69, 9.17) is 11.6 Å². The maximum absolute atomic E-state index is 12.5. The van der Waals surface area contributed by atoms with Gasteiger partial charge in [-0.05, 0) is 24.6 Å². The number of rotatable bonds is 1. The number of aryl methyl sites for hydroxylation is 1. The van der Waals surface area contributed by atoms with Gasteiger partial charge in [-0.3, -0.25) is 0 Å². The van der Waals surface area contributed by atoms with E-state index in [0.717, 1.165) is 10.0 Å². The third kappa shape index (κ3) is 2.01. The molecule has 0 atom stereocenters. The molecule has 2 aromatic rings. The van der Waals surface area contributed by atoms with Crippen LogP contribution in [-0.4, -0.2) is 9.97 Å². The van der Waals surface area contributed by atoms with Crippen molar-refractivity contribution in [1.29, 1.82) is 0 Å². The van der Waals surface area contributed by atoms with Crippen molar-refractivity contribution in [3.63, 3.8) is 0 Å². The topological polar surface area (TPSA) is 25.8 Å². The molecule has 0 bridgehead atoms. The zero-order chi connectivity index (χ0) is 11.9. The Morgan fingerprint density at radius 3 is 2.62 bits per heavy atom. The van der Waals surface area contributed by atoms with E-state index in [1.54, 1.807) is 19.1 Å². The molecule has 1 aromatic carbocycles. The maximum atomic E-state index is 12.5. The summed E-state index contributed by atoms with van der Waals surface area (Å²) in [6.45, 7) is 1.78. The molecule has 0 unspecified atom stereocenters. The largest absolute Gasteiger partial charge is 0.297 e. The molecule has 0 fully saturated rings. The van der Waals surface area contributed by atoms with Gasteiger partial charge < -0.3 is 0 Å². The summed E-state index contributed by atoms with van der Waals surface area (Å²) in [5, 5.41) is 0.614. The van der Waals surface area contributed by atoms with Crippen LogP contribution in [0.2, 0.25) is 5.15 Å². The Balaban J connectivity index is 2.82. The lowest BCUT2D eigenvalue weighted by atomic mass is 10.1. The van der Waals surface area contributed by atoms with Crippen LogP contribution < -0.4 is 0 Å². The Kier molecular flexibility index (Phi) is 3.08. The van der Waals surface area contributed by atoms with Gasteiger partial charge in [-0.2, -0.15) is 0 Å². The minimum absolute atomic E-state index is 0.0460. The van der Waals surface area contributed by atoms with Crippen LogP contribution in [0.15, 0.2) is 16.6 Å². The number of halogens is 4. The molecule has 0 aliphatic heterocycles. The molecule has 0 aliphatic rings. The van der Waals surface area contributed by atoms with Crippen LogP contribution in [0.3, 0.4) is 0 Å². The number of nitrogens with zero attached hydrogens (tertiary/aromatic N) is 2. The molecule has 0 saturated carbocycles. The molecule has 16 heavy (non-hydrogen) atoms. The van der Waals surface area contributed by atoms with Crippen LogP contribution in [0.5, 0.6) is 0 Å². The Morgan fingerprint density at radius 2 is 2.00 bits per heavy atom. The fraction of sp³-hybridized carbons (Fsp3) is 0.200. The predicted octanol–water partition coefficient (Wildman–Crippen LogP) is 4.29. The van der Waals surface area contributed by atoms with Crippen molar-refractivity contribution in [1.82, 2.24) is 9.97 Å². The lowest BCUT2D eigenvalue weighted by molar-refractivity contribution is 0.141. The van der Waals surface area contributed by atoms with Gasteiger partial charge in [0.2, 0.25) is 0 Å². The van der Waals surface area contributed by atoms with Crippen molar-refractivity contribution in [3.05, 3.63) is 33.1 Å². The second-order valence-electron chi connectivity index (χ2n) is 3.29. The molecule has 0 saturated heterocycles. The van der Waals surface area contributed by atoms with Gasteiger partial charge in [0.1, 0.15) is 5.15 Å². The number of hydrogen-bond donors (Lipinski definition) is 0. The maximum Gasteiger partial charge on any atom is 0.297 e. The van der Waals surface area contributed by atoms with Crippen LogP contribution in [0.25, 0.3) is 10.9 Å². The molecule has 0 radical (unpaired) electrons. The molecule has 0 spiro atoms. The van der Waals surface area contributed by atoms with Crippen molar-refractivity contribution in [2.45, 2.75) is 13.3 Å². The smallest absolute Gasteiger partial charge is 0.227 e. The van der Waals surface area contributed by atoms with Gasteiger partial charge in [-0.1, -0.05) is 27.5 Å². The van der Waals surface area contributed by atoms with E-state index in [1.807, 2.05) is 0 Å². The molecule has 1 aromatic heterocycles. The molecule has 0 aliphatic carbocycles. The number of aromatic nitrogens is 2. The van der Waals surface area contributed by atoms with Crippen molar-refractivity contribution in [2.75, 3.05) is 0 Å². The minimum Gasteiger partial charge on any atom is -0.227 e. The highest BCUT2D eigenvalue weighted by Gasteiger charge is 2.15. The first-order valence-electron chi connectivity index (χ1n) is 4.40. The Hall–Kier alpha value is -0.810. The van der Waals surface area contributed by atoms with Crippen LogP contribution >= 0.6 is 27.5 Å². The average molecular weight is 308 g/mol. The van der Waals surface area contributed by atoms with Gasteiger partial charge in [-0.15, -0.1) is 0 Å². The van der Waals surface area contributed by atoms with Crippen LogP contribution in [0.1, 0.15) is 17.8 Å². The fourth-order valence-electron chi connectivity index (χ4n) is 1.44. The lowest BCUT2D eigenvalue weighted by Gasteiger charge is -2.06. The van der Waals surface area contributed by atoms with E-state index >= 15 is 0 Å². The summed E-state index contributed by atoms with van der Waals surface area (Å²) >= 11 is 9.15. The molecular weight excluding hydrogens is 301 g/mol. The van der Waals surface area contributed by atoms with Crippen molar-refractivity contribution in [2.24, 2.45) is 0 Å². The first-order chi connectivity index (χ1) is 7.49. The van der Waals surface area contributed by atoms with Gasteiger partial charge in [0, 0.05) is 9.86 Å². The van der Waals surface area contributed by atoms with Gasteiger partial charge in [0.25, 0.3) is 6.43 Å². The molecule has 1 heterocycles. The number of hydrogen-bond acceptors (Lipinski definition) is 2. The first kappa shape index (κ1) is 11.7. The quantitative estimate of drug-likeness (QED) is 0.734. The van der Waals surface area contributed by atoms with Crippen molar-refractivity contribution >= 4 is 38.4 Å². The monoisotopic (exact) mass is 306 g/mol. The number of alkyl halides is 2. The van der Waals surface area contributed by atoms with Crippen LogP contribution in [0, 0.1) is 6.92 Å². The molecule has 84 valence electrons. The Bertz CT molecular complexity index is 560. The molecule has 2 rings (SSSR count). The van der Waals surface area contributed by atoms with Gasteiger partial charge in [0.15, 0.2) is 5.82 Å². The Morgan fingerprint density at radius 1 is 1.31 bits per heavy atom. The predicted molar refractivity (Wildman–Crippen MR) is 61.9 cm³/mol. The third-order valence-electron chi connectivity index (χ3n) is 2.12. The second kappa shape index (κ2) is 4.22. The molecule has 6 heteroatoms. The standard InChI is InChI=1S/C10H6BrClF2N2/c1-4-2-5(11)3-6-7(4)15-10(9(13)14)16-8(6)12/h2-3,9H,1H3. The van der Waals surface area contributed by atoms with Crippen LogP contribution in [-0.2, 0) is 0 Å². The van der Waals surface area contributed by atoms with E-state index in [2.05, 4.69) is 25.9 Å². The highest BCUT2D eigenvalue weighted by Crippen LogP contribution is 2.29. The van der Waals surface area contributed by atoms with Crippen LogP contribution in [0.4, 0.5) is 8.78 Å². The van der Waals surface area contributed by atoms with E-state index in [1.165, 1.54) is 0 Å². The minimum atomic E-state index is -2.72. The zero-order valence-electron chi connectivity index (χ0n) is 8.14. The zero-order valence-corrected chi connectivity index (χ0v) is 10.5. The normalized spacial score (nSPS) is 11.4. The molecule has 0 amide bonds. The molecule has 2 nitrogen and oxygen atoms in total. The van der Waals surface area contributed by atoms with E-state index in [0.29, 0.717) is 10.9 Å². The highest BCUT2D eigenvalue weighted by molar-refractivity contribution is 9.10. The number of benzene rings is 1. The summed E-state index contributed by atoms with van der Waals surface area (Å²) in [5.74, 6) is -0.539. The average Bonchev–Trinajstić information content (AvgIpc) is 2.19. The first-order valence-corrected chi connectivity index (χ1v) is 5.57. The molecule has 0 N–H and O–H groups in total. The Labute approximate surface area is 104 Å². The highest BCUT2D eigenvalue weighted by atomic mass is 79.9. The number of fused-ring (bicyclic) bond motifs is 1. The van der Waals surface area contributed by atoms with Gasteiger partial charge in [-0.25, -0.2) is 18.7 Å². The summed E-state index contributed by atoms with van der Waals surface area (Å²) < 4.78 is 25.8. The van der Waals surface area contributed by atoms with Crippen molar-refractivity contribution in [3.8, 4) is 0 Å². The summed E-state index contributed by atoms with van der Waals surface area (Å²) in [6.07, 6.45) is -2.72. The molecular formula is C10H6BrClF2N2. The fourth-order valence-corrected chi connectivity index (χ4v) is 2.24.